The van der Waals surface area contributed by atoms with Crippen LogP contribution >= 0.6 is 0 Å². The first-order valence-corrected chi connectivity index (χ1v) is 8.74. The summed E-state index contributed by atoms with van der Waals surface area (Å²) in [4.78, 5) is 14.5. The largest absolute Gasteiger partial charge is 0.390 e. The molecule has 2 unspecified atom stereocenters. The molecule has 0 saturated carbocycles. The minimum Gasteiger partial charge on any atom is -0.390 e. The van der Waals surface area contributed by atoms with Crippen LogP contribution in [0.3, 0.4) is 0 Å². The average Bonchev–Trinajstić information content (AvgIpc) is 2.91. The summed E-state index contributed by atoms with van der Waals surface area (Å²) >= 11 is 0. The van der Waals surface area contributed by atoms with Gasteiger partial charge in [-0.15, -0.1) is 0 Å². The zero-order valence-electron chi connectivity index (χ0n) is 15.3. The maximum absolute atomic E-state index is 13.3. The first kappa shape index (κ1) is 18.5. The molecule has 0 bridgehead atoms. The average molecular weight is 361 g/mol. The molecule has 2 N–H and O–H groups in total. The van der Waals surface area contributed by atoms with Gasteiger partial charge in [0.05, 0.1) is 17.8 Å². The SMILES string of the molecule is Cc1cc(C(=O)NC2CCN(Cc3c(C)noc3C)CC2O)ccc1F. The van der Waals surface area contributed by atoms with E-state index in [4.69, 9.17) is 4.52 Å². The number of hydrogen-bond donors (Lipinski definition) is 2. The van der Waals surface area contributed by atoms with Crippen molar-refractivity contribution < 1.29 is 18.8 Å². The van der Waals surface area contributed by atoms with Crippen LogP contribution in [-0.4, -0.2) is 46.3 Å². The maximum Gasteiger partial charge on any atom is 0.251 e. The van der Waals surface area contributed by atoms with Crippen molar-refractivity contribution in [2.24, 2.45) is 0 Å². The summed E-state index contributed by atoms with van der Waals surface area (Å²) < 4.78 is 18.5. The number of nitrogens with zero attached hydrogens (tertiary/aromatic N) is 2. The predicted octanol–water partition coefficient (Wildman–Crippen LogP) is 2.10. The Morgan fingerprint density at radius 1 is 1.42 bits per heavy atom. The zero-order chi connectivity index (χ0) is 18.8. The third kappa shape index (κ3) is 3.94. The fourth-order valence-corrected chi connectivity index (χ4v) is 3.30. The van der Waals surface area contributed by atoms with Crippen molar-refractivity contribution in [3.63, 3.8) is 0 Å². The smallest absolute Gasteiger partial charge is 0.251 e. The zero-order valence-corrected chi connectivity index (χ0v) is 15.3. The first-order chi connectivity index (χ1) is 12.3. The summed E-state index contributed by atoms with van der Waals surface area (Å²) in [6.07, 6.45) is -0.0362. The van der Waals surface area contributed by atoms with Gasteiger partial charge in [-0.2, -0.15) is 0 Å². The van der Waals surface area contributed by atoms with Gasteiger partial charge in [0, 0.05) is 30.8 Å². The third-order valence-electron chi connectivity index (χ3n) is 4.97. The molecular formula is C19H24FN3O3. The Hall–Kier alpha value is -2.25. The minimum atomic E-state index is -0.672. The molecule has 1 aliphatic rings. The van der Waals surface area contributed by atoms with Crippen molar-refractivity contribution >= 4 is 5.91 Å². The number of piperidine rings is 1. The Kier molecular flexibility index (Phi) is 5.38. The van der Waals surface area contributed by atoms with Gasteiger partial charge in [0.2, 0.25) is 0 Å². The van der Waals surface area contributed by atoms with E-state index in [9.17, 15) is 14.3 Å². The van der Waals surface area contributed by atoms with Crippen LogP contribution in [0.4, 0.5) is 4.39 Å². The predicted molar refractivity (Wildman–Crippen MR) is 94.3 cm³/mol. The van der Waals surface area contributed by atoms with E-state index in [0.29, 0.717) is 30.6 Å². The van der Waals surface area contributed by atoms with E-state index >= 15 is 0 Å². The number of nitrogens with one attached hydrogen (secondary N) is 1. The van der Waals surface area contributed by atoms with E-state index < -0.39 is 6.10 Å². The molecule has 0 spiro atoms. The second-order valence-electron chi connectivity index (χ2n) is 6.94. The molecule has 26 heavy (non-hydrogen) atoms. The summed E-state index contributed by atoms with van der Waals surface area (Å²) in [5.74, 6) is 0.157. The van der Waals surface area contributed by atoms with Gasteiger partial charge in [-0.25, -0.2) is 4.39 Å². The van der Waals surface area contributed by atoms with Gasteiger partial charge in [0.15, 0.2) is 0 Å². The highest BCUT2D eigenvalue weighted by Crippen LogP contribution is 2.19. The van der Waals surface area contributed by atoms with E-state index in [0.717, 1.165) is 23.6 Å². The summed E-state index contributed by atoms with van der Waals surface area (Å²) in [7, 11) is 0. The second-order valence-corrected chi connectivity index (χ2v) is 6.94. The number of rotatable bonds is 4. The van der Waals surface area contributed by atoms with Crippen molar-refractivity contribution in [3.8, 4) is 0 Å². The molecule has 1 saturated heterocycles. The lowest BCUT2D eigenvalue weighted by Crippen LogP contribution is -2.53. The van der Waals surface area contributed by atoms with E-state index in [1.165, 1.54) is 18.2 Å². The molecule has 0 aliphatic carbocycles. The summed E-state index contributed by atoms with van der Waals surface area (Å²) in [5.41, 5.74) is 2.72. The number of aromatic nitrogens is 1. The van der Waals surface area contributed by atoms with Crippen molar-refractivity contribution in [2.75, 3.05) is 13.1 Å². The fourth-order valence-electron chi connectivity index (χ4n) is 3.30. The number of halogens is 1. The lowest BCUT2D eigenvalue weighted by Gasteiger charge is -2.36. The molecule has 1 aromatic heterocycles. The number of aliphatic hydroxyl groups is 1. The number of carbonyl (C=O) groups is 1. The number of hydrogen-bond acceptors (Lipinski definition) is 5. The van der Waals surface area contributed by atoms with Gasteiger partial charge < -0.3 is 14.9 Å². The highest BCUT2D eigenvalue weighted by Gasteiger charge is 2.30. The van der Waals surface area contributed by atoms with Gasteiger partial charge in [0.1, 0.15) is 11.6 Å². The Morgan fingerprint density at radius 2 is 2.19 bits per heavy atom. The topological polar surface area (TPSA) is 78.6 Å². The van der Waals surface area contributed by atoms with E-state index in [-0.39, 0.29) is 17.8 Å². The molecule has 140 valence electrons. The Bertz CT molecular complexity index is 786. The minimum absolute atomic E-state index is 0.295. The Balaban J connectivity index is 1.58. The summed E-state index contributed by atoms with van der Waals surface area (Å²) in [6, 6.07) is 3.93. The lowest BCUT2D eigenvalue weighted by atomic mass is 10.00. The number of benzene rings is 1. The number of aliphatic hydroxyl groups excluding tert-OH is 1. The third-order valence-corrected chi connectivity index (χ3v) is 4.97. The molecule has 1 aromatic carbocycles. The van der Waals surface area contributed by atoms with Crippen LogP contribution < -0.4 is 5.32 Å². The normalized spacial score (nSPS) is 21.0. The number of carbonyl (C=O) groups excluding carboxylic acids is 1. The number of likely N-dealkylation sites (tertiary alicyclic amines) is 1. The Labute approximate surface area is 152 Å². The highest BCUT2D eigenvalue weighted by molar-refractivity contribution is 5.94. The van der Waals surface area contributed by atoms with Crippen molar-refractivity contribution in [1.29, 1.82) is 0 Å². The molecule has 2 heterocycles. The molecule has 3 rings (SSSR count). The Morgan fingerprint density at radius 3 is 2.81 bits per heavy atom. The maximum atomic E-state index is 13.3. The molecule has 2 aromatic rings. The first-order valence-electron chi connectivity index (χ1n) is 8.74. The number of aryl methyl sites for hydroxylation is 3. The molecule has 6 nitrogen and oxygen atoms in total. The van der Waals surface area contributed by atoms with Crippen molar-refractivity contribution in [1.82, 2.24) is 15.4 Å². The molecule has 2 atom stereocenters. The van der Waals surface area contributed by atoms with Gasteiger partial charge >= 0.3 is 0 Å². The quantitative estimate of drug-likeness (QED) is 0.872. The van der Waals surface area contributed by atoms with Crippen LogP contribution in [0.15, 0.2) is 22.7 Å². The van der Waals surface area contributed by atoms with E-state index in [2.05, 4.69) is 15.4 Å². The molecule has 1 fully saturated rings. The lowest BCUT2D eigenvalue weighted by molar-refractivity contribution is 0.0347. The van der Waals surface area contributed by atoms with Crippen LogP contribution in [-0.2, 0) is 6.54 Å². The number of amides is 1. The van der Waals surface area contributed by atoms with Gasteiger partial charge in [-0.1, -0.05) is 5.16 Å². The molecule has 1 amide bonds. The van der Waals surface area contributed by atoms with Crippen LogP contribution in [0, 0.1) is 26.6 Å². The highest BCUT2D eigenvalue weighted by atomic mass is 19.1. The van der Waals surface area contributed by atoms with Crippen LogP contribution in [0.2, 0.25) is 0 Å². The fraction of sp³-hybridized carbons (Fsp3) is 0.474. The monoisotopic (exact) mass is 361 g/mol. The van der Waals surface area contributed by atoms with Crippen molar-refractivity contribution in [2.45, 2.75) is 45.9 Å². The molecule has 7 heteroatoms. The second kappa shape index (κ2) is 7.55. The van der Waals surface area contributed by atoms with E-state index in [1.807, 2.05) is 13.8 Å². The summed E-state index contributed by atoms with van der Waals surface area (Å²) in [6.45, 7) is 7.26. The van der Waals surface area contributed by atoms with Crippen molar-refractivity contribution in [3.05, 3.63) is 52.2 Å². The molecular weight excluding hydrogens is 337 g/mol. The van der Waals surface area contributed by atoms with Gasteiger partial charge in [0.25, 0.3) is 5.91 Å². The molecule has 0 radical (unpaired) electrons. The van der Waals surface area contributed by atoms with Crippen LogP contribution in [0.25, 0.3) is 0 Å². The molecule has 1 aliphatic heterocycles. The summed E-state index contributed by atoms with van der Waals surface area (Å²) in [5, 5.41) is 17.3. The van der Waals surface area contributed by atoms with Crippen LogP contribution in [0.1, 0.15) is 39.4 Å². The van der Waals surface area contributed by atoms with Crippen LogP contribution in [0.5, 0.6) is 0 Å². The van der Waals surface area contributed by atoms with E-state index in [1.54, 1.807) is 6.92 Å². The number of β-amino-alcohol motifs (C(OH)–C–C–N with tert-alkyl or cyclic N) is 1. The standard InChI is InChI=1S/C19H24FN3O3/c1-11-8-14(4-5-16(11)20)19(25)21-17-6-7-23(10-18(17)24)9-15-12(2)22-26-13(15)3/h4-5,8,17-18,24H,6-7,9-10H2,1-3H3,(H,21,25). The van der Waals surface area contributed by atoms with Gasteiger partial charge in [-0.05, 0) is 51.0 Å². The van der Waals surface area contributed by atoms with Gasteiger partial charge in [-0.3, -0.25) is 9.69 Å².